The van der Waals surface area contributed by atoms with Crippen LogP contribution < -0.4 is 21.8 Å². The van der Waals surface area contributed by atoms with Gasteiger partial charge < -0.3 is 25.5 Å². The maximum Gasteiger partial charge on any atom is 0.263 e. The maximum absolute atomic E-state index is 13.3. The van der Waals surface area contributed by atoms with Crippen molar-refractivity contribution in [2.24, 2.45) is 16.6 Å². The first kappa shape index (κ1) is 28.5. The van der Waals surface area contributed by atoms with Crippen molar-refractivity contribution < 1.29 is 18.8 Å². The summed E-state index contributed by atoms with van der Waals surface area (Å²) in [5, 5.41) is 10.4. The number of anilines is 2. The van der Waals surface area contributed by atoms with Crippen molar-refractivity contribution >= 4 is 28.9 Å². The molecule has 0 saturated carbocycles. The van der Waals surface area contributed by atoms with Crippen molar-refractivity contribution in [1.29, 1.82) is 5.41 Å². The zero-order valence-corrected chi connectivity index (χ0v) is 21.5. The van der Waals surface area contributed by atoms with Gasteiger partial charge in [-0.1, -0.05) is 62.4 Å². The van der Waals surface area contributed by atoms with E-state index in [0.717, 1.165) is 22.5 Å². The molecule has 1 saturated heterocycles. The predicted molar refractivity (Wildman–Crippen MR) is 148 cm³/mol. The number of ether oxygens (including phenoxy) is 1. The van der Waals surface area contributed by atoms with Crippen LogP contribution in [0.25, 0.3) is 0 Å². The number of nitrogens with two attached hydrogens (primary N) is 2. The fraction of sp³-hybridized carbons (Fsp3) is 0.250. The Morgan fingerprint density at radius 3 is 2.42 bits per heavy atom. The highest BCUT2D eigenvalue weighted by molar-refractivity contribution is 6.19. The van der Waals surface area contributed by atoms with Crippen LogP contribution in [0.1, 0.15) is 30.5 Å². The van der Waals surface area contributed by atoms with E-state index in [0.29, 0.717) is 37.6 Å². The molecular formula is C28H33FN6O3. The van der Waals surface area contributed by atoms with E-state index in [1.54, 1.807) is 0 Å². The molecule has 1 atom stereocenters. The fourth-order valence-electron chi connectivity index (χ4n) is 3.92. The molecule has 3 aromatic rings. The molecule has 1 fully saturated rings. The van der Waals surface area contributed by atoms with Crippen LogP contribution in [0.3, 0.4) is 0 Å². The highest BCUT2D eigenvalue weighted by Crippen LogP contribution is 2.24. The van der Waals surface area contributed by atoms with Gasteiger partial charge in [-0.3, -0.25) is 15.2 Å². The summed E-state index contributed by atoms with van der Waals surface area (Å²) >= 11 is 0. The van der Waals surface area contributed by atoms with Gasteiger partial charge in [-0.05, 0) is 24.3 Å². The quantitative estimate of drug-likeness (QED) is 0.236. The molecule has 38 heavy (non-hydrogen) atoms. The summed E-state index contributed by atoms with van der Waals surface area (Å²) in [7, 11) is 0. The van der Waals surface area contributed by atoms with Gasteiger partial charge in [-0.25, -0.2) is 4.39 Å². The molecule has 2 aliphatic heterocycles. The molecule has 5 rings (SSSR count). The van der Waals surface area contributed by atoms with Gasteiger partial charge in [-0.15, -0.1) is 0 Å². The molecule has 1 unspecified atom stereocenters. The van der Waals surface area contributed by atoms with E-state index in [2.05, 4.69) is 15.1 Å². The van der Waals surface area contributed by atoms with Crippen LogP contribution in [-0.2, 0) is 14.4 Å². The molecule has 0 bridgehead atoms. The third kappa shape index (κ3) is 7.00. The molecule has 9 nitrogen and oxygen atoms in total. The Kier molecular flexibility index (Phi) is 10.5. The van der Waals surface area contributed by atoms with Gasteiger partial charge in [-0.2, -0.15) is 5.90 Å². The number of fused-ring (bicyclic) bond motifs is 1. The second kappa shape index (κ2) is 14.0. The minimum Gasteiger partial charge on any atom is -0.391 e. The highest BCUT2D eigenvalue weighted by atomic mass is 19.1. The predicted octanol–water partition coefficient (Wildman–Crippen LogP) is 3.67. The lowest BCUT2D eigenvalue weighted by molar-refractivity contribution is -0.117. The van der Waals surface area contributed by atoms with E-state index < -0.39 is 6.17 Å². The summed E-state index contributed by atoms with van der Waals surface area (Å²) in [5.74, 6) is 4.16. The average molecular weight is 521 g/mol. The van der Waals surface area contributed by atoms with Gasteiger partial charge >= 0.3 is 0 Å². The lowest BCUT2D eigenvalue weighted by Crippen LogP contribution is -2.37. The first-order chi connectivity index (χ1) is 18.5. The summed E-state index contributed by atoms with van der Waals surface area (Å²) in [5.41, 5.74) is 10.2. The van der Waals surface area contributed by atoms with E-state index in [1.807, 2.05) is 73.3 Å². The number of para-hydroxylation sites is 1. The molecular weight excluding hydrogens is 487 g/mol. The van der Waals surface area contributed by atoms with Gasteiger partial charge in [0.15, 0.2) is 6.17 Å². The number of carbonyl (C=O) groups is 1. The van der Waals surface area contributed by atoms with Gasteiger partial charge in [0, 0.05) is 24.2 Å². The summed E-state index contributed by atoms with van der Waals surface area (Å²) < 4.78 is 18.5. The second-order valence-corrected chi connectivity index (χ2v) is 8.03. The van der Waals surface area contributed by atoms with E-state index in [9.17, 15) is 9.18 Å². The third-order valence-electron chi connectivity index (χ3n) is 5.70. The smallest absolute Gasteiger partial charge is 0.263 e. The summed E-state index contributed by atoms with van der Waals surface area (Å²) in [6.07, 6.45) is -0.886. The van der Waals surface area contributed by atoms with Crippen LogP contribution in [0.15, 0.2) is 77.8 Å². The number of rotatable bonds is 3. The number of benzodiazepines with no additional fused rings is 1. The number of benzene rings is 3. The Bertz CT molecular complexity index is 1260. The Labute approximate surface area is 221 Å². The topological polar surface area (TPSA) is 139 Å². The number of amides is 1. The van der Waals surface area contributed by atoms with Crippen molar-refractivity contribution in [2.75, 3.05) is 36.5 Å². The molecule has 200 valence electrons. The number of hydrogen-bond donors (Lipinski definition) is 4. The zero-order chi connectivity index (χ0) is 27.5. The number of nitrogens with zero attached hydrogens (tertiary/aromatic N) is 2. The number of carbonyl (C=O) groups excluding carboxylic acids is 1. The van der Waals surface area contributed by atoms with Gasteiger partial charge in [0.05, 0.1) is 35.9 Å². The largest absolute Gasteiger partial charge is 0.391 e. The van der Waals surface area contributed by atoms with E-state index >= 15 is 0 Å². The van der Waals surface area contributed by atoms with Crippen LogP contribution in [0.2, 0.25) is 0 Å². The molecule has 1 amide bonds. The van der Waals surface area contributed by atoms with Crippen molar-refractivity contribution in [2.45, 2.75) is 20.0 Å². The van der Waals surface area contributed by atoms with Crippen molar-refractivity contribution in [3.05, 3.63) is 95.3 Å². The van der Waals surface area contributed by atoms with Gasteiger partial charge in [0.25, 0.3) is 5.91 Å². The number of hydrogen-bond acceptors (Lipinski definition) is 8. The van der Waals surface area contributed by atoms with Gasteiger partial charge in [0.2, 0.25) is 5.90 Å². The summed E-state index contributed by atoms with van der Waals surface area (Å²) in [6.45, 7) is 6.50. The number of halogens is 1. The molecule has 0 spiro atoms. The SMILES string of the molecule is CC.N=C(ON)c1ccc(F)cc1N1CCOCC1.NC1N=C(c2ccccc2)c2ccccc2NC1=O. The Balaban J connectivity index is 0.000000199. The minimum absolute atomic E-state index is 0.175. The van der Waals surface area contributed by atoms with Crippen LogP contribution in [0.5, 0.6) is 0 Å². The molecule has 10 heteroatoms. The standard InChI is InChI=1S/C15H13N3O.C11H14FN3O2.C2H6/c16-14-15(19)17-12-9-5-4-8-11(12)13(18-14)10-6-2-1-3-7-10;12-8-1-2-9(11(13)17-14)10(7-8)15-3-5-16-6-4-15;1-2/h1-9,14H,16H2,(H,17,19);1-2,7,13H,3-6,14H2;1-2H3. The summed E-state index contributed by atoms with van der Waals surface area (Å²) in [6, 6.07) is 21.5. The first-order valence-electron chi connectivity index (χ1n) is 12.3. The second-order valence-electron chi connectivity index (χ2n) is 8.03. The van der Waals surface area contributed by atoms with Crippen LogP contribution in [-0.4, -0.2) is 50.0 Å². The van der Waals surface area contributed by atoms with Crippen molar-refractivity contribution in [3.8, 4) is 0 Å². The molecule has 2 heterocycles. The Morgan fingerprint density at radius 2 is 1.74 bits per heavy atom. The Hall–Kier alpha value is -4.12. The van der Waals surface area contributed by atoms with Crippen LogP contribution >= 0.6 is 0 Å². The molecule has 0 aliphatic carbocycles. The van der Waals surface area contributed by atoms with E-state index in [1.165, 1.54) is 18.2 Å². The molecule has 0 radical (unpaired) electrons. The number of nitrogens with one attached hydrogen (secondary N) is 2. The first-order valence-corrected chi connectivity index (χ1v) is 12.3. The fourth-order valence-corrected chi connectivity index (χ4v) is 3.92. The number of morpholine rings is 1. The normalized spacial score (nSPS) is 16.2. The minimum atomic E-state index is -0.886. The third-order valence-corrected chi connectivity index (χ3v) is 5.70. The van der Waals surface area contributed by atoms with Crippen LogP contribution in [0, 0.1) is 11.2 Å². The van der Waals surface area contributed by atoms with Crippen molar-refractivity contribution in [1.82, 2.24) is 0 Å². The highest BCUT2D eigenvalue weighted by Gasteiger charge is 2.22. The Morgan fingerprint density at radius 1 is 1.08 bits per heavy atom. The van der Waals surface area contributed by atoms with Gasteiger partial charge in [0.1, 0.15) is 5.82 Å². The molecule has 0 aromatic heterocycles. The molecule has 2 aliphatic rings. The summed E-state index contributed by atoms with van der Waals surface area (Å²) in [4.78, 5) is 22.5. The van der Waals surface area contributed by atoms with Crippen LogP contribution in [0.4, 0.5) is 15.8 Å². The maximum atomic E-state index is 13.3. The molecule has 3 aromatic carbocycles. The zero-order valence-electron chi connectivity index (χ0n) is 21.5. The average Bonchev–Trinajstić information content (AvgIpc) is 3.10. The molecule has 6 N–H and O–H groups in total. The number of aliphatic imine (C=N–C) groups is 1. The van der Waals surface area contributed by atoms with E-state index in [4.69, 9.17) is 21.8 Å². The van der Waals surface area contributed by atoms with Crippen molar-refractivity contribution in [3.63, 3.8) is 0 Å². The van der Waals surface area contributed by atoms with E-state index in [-0.39, 0.29) is 17.6 Å². The lowest BCUT2D eigenvalue weighted by atomic mass is 10.0. The monoisotopic (exact) mass is 520 g/mol. The lowest BCUT2D eigenvalue weighted by Gasteiger charge is -2.30.